The molecule has 0 spiro atoms. The molecule has 2 N–H and O–H groups in total. The molecule has 0 saturated heterocycles. The average Bonchev–Trinajstić information content (AvgIpc) is 2.85. The van der Waals surface area contributed by atoms with Crippen molar-refractivity contribution in [2.45, 2.75) is 19.2 Å². The largest absolute Gasteiger partial charge is 0.423 e. The first-order chi connectivity index (χ1) is 10.2. The van der Waals surface area contributed by atoms with Crippen molar-refractivity contribution in [3.8, 4) is 0 Å². The van der Waals surface area contributed by atoms with Gasteiger partial charge in [0.25, 0.3) is 5.69 Å². The van der Waals surface area contributed by atoms with Crippen molar-refractivity contribution < 1.29 is 23.2 Å². The van der Waals surface area contributed by atoms with Crippen LogP contribution in [0.3, 0.4) is 0 Å². The zero-order valence-electron chi connectivity index (χ0n) is 11.5. The van der Waals surface area contributed by atoms with Gasteiger partial charge >= 0.3 is 6.18 Å². The molecular formula is C13H13F3N2O3S. The van der Waals surface area contributed by atoms with Gasteiger partial charge in [-0.25, -0.2) is 0 Å². The SMILES string of the molecule is CCSCC(O)c1cc2cc([N+](=O)[O-])c(C(F)(F)F)cc2[nH]1. The smallest absolute Gasteiger partial charge is 0.386 e. The van der Waals surface area contributed by atoms with Crippen LogP contribution >= 0.6 is 11.8 Å². The maximum atomic E-state index is 12.9. The molecule has 0 aliphatic carbocycles. The molecule has 0 aliphatic rings. The fraction of sp³-hybridized carbons (Fsp3) is 0.385. The first-order valence-electron chi connectivity index (χ1n) is 6.38. The first-order valence-corrected chi connectivity index (χ1v) is 7.53. The summed E-state index contributed by atoms with van der Waals surface area (Å²) >= 11 is 1.48. The van der Waals surface area contributed by atoms with Crippen LogP contribution in [0.2, 0.25) is 0 Å². The highest BCUT2D eigenvalue weighted by molar-refractivity contribution is 7.99. The Morgan fingerprint density at radius 3 is 2.64 bits per heavy atom. The van der Waals surface area contributed by atoms with Crippen LogP contribution in [-0.2, 0) is 6.18 Å². The van der Waals surface area contributed by atoms with E-state index in [1.165, 1.54) is 17.8 Å². The lowest BCUT2D eigenvalue weighted by atomic mass is 10.1. The van der Waals surface area contributed by atoms with Crippen molar-refractivity contribution in [3.05, 3.63) is 39.6 Å². The minimum atomic E-state index is -4.82. The van der Waals surface area contributed by atoms with Crippen LogP contribution in [0.25, 0.3) is 10.9 Å². The van der Waals surface area contributed by atoms with Gasteiger partial charge in [0, 0.05) is 28.4 Å². The van der Waals surface area contributed by atoms with Crippen molar-refractivity contribution in [1.29, 1.82) is 0 Å². The Bertz CT molecular complexity index is 700. The lowest BCUT2D eigenvalue weighted by Gasteiger charge is -2.07. The molecule has 1 heterocycles. The molecule has 1 aromatic carbocycles. The minimum absolute atomic E-state index is 0.105. The minimum Gasteiger partial charge on any atom is -0.386 e. The Morgan fingerprint density at radius 1 is 1.41 bits per heavy atom. The summed E-state index contributed by atoms with van der Waals surface area (Å²) in [6.45, 7) is 1.92. The molecule has 1 unspecified atom stereocenters. The van der Waals surface area contributed by atoms with E-state index in [1.54, 1.807) is 0 Å². The second-order valence-electron chi connectivity index (χ2n) is 4.61. The van der Waals surface area contributed by atoms with E-state index in [-0.39, 0.29) is 10.9 Å². The lowest BCUT2D eigenvalue weighted by molar-refractivity contribution is -0.387. The molecule has 5 nitrogen and oxygen atoms in total. The summed E-state index contributed by atoms with van der Waals surface area (Å²) in [5.74, 6) is 1.18. The summed E-state index contributed by atoms with van der Waals surface area (Å²) < 4.78 is 38.7. The molecule has 120 valence electrons. The van der Waals surface area contributed by atoms with Gasteiger partial charge in [-0.3, -0.25) is 10.1 Å². The maximum absolute atomic E-state index is 12.9. The molecule has 1 atom stereocenters. The number of fused-ring (bicyclic) bond motifs is 1. The molecule has 2 rings (SSSR count). The number of nitro groups is 1. The number of hydrogen-bond acceptors (Lipinski definition) is 4. The van der Waals surface area contributed by atoms with Crippen LogP contribution in [0.4, 0.5) is 18.9 Å². The van der Waals surface area contributed by atoms with Crippen LogP contribution in [-0.4, -0.2) is 26.5 Å². The highest BCUT2D eigenvalue weighted by atomic mass is 32.2. The number of alkyl halides is 3. The molecule has 0 radical (unpaired) electrons. The number of nitro benzene ring substituents is 1. The number of thioether (sulfide) groups is 1. The summed E-state index contributed by atoms with van der Waals surface area (Å²) in [6.07, 6.45) is -5.69. The number of aromatic nitrogens is 1. The van der Waals surface area contributed by atoms with E-state index < -0.39 is 28.5 Å². The molecule has 2 aromatic rings. The number of nitrogens with one attached hydrogen (secondary N) is 1. The zero-order chi connectivity index (χ0) is 16.5. The van der Waals surface area contributed by atoms with Gasteiger partial charge in [-0.05, 0) is 17.9 Å². The third-order valence-corrected chi connectivity index (χ3v) is 4.06. The van der Waals surface area contributed by atoms with Crippen LogP contribution in [0.5, 0.6) is 0 Å². The molecule has 0 aliphatic heterocycles. The number of aliphatic hydroxyl groups is 1. The molecular weight excluding hydrogens is 321 g/mol. The Kier molecular flexibility index (Phi) is 4.66. The van der Waals surface area contributed by atoms with Gasteiger partial charge in [0.05, 0.1) is 4.92 Å². The molecule has 0 fully saturated rings. The van der Waals surface area contributed by atoms with Crippen molar-refractivity contribution in [2.24, 2.45) is 0 Å². The number of benzene rings is 1. The highest BCUT2D eigenvalue weighted by Crippen LogP contribution is 2.39. The molecule has 0 amide bonds. The van der Waals surface area contributed by atoms with E-state index in [0.717, 1.165) is 11.8 Å². The van der Waals surface area contributed by atoms with Crippen molar-refractivity contribution in [2.75, 3.05) is 11.5 Å². The van der Waals surface area contributed by atoms with Crippen molar-refractivity contribution >= 4 is 28.4 Å². The molecule has 22 heavy (non-hydrogen) atoms. The standard InChI is InChI=1S/C13H13F3N2O3S/c1-2-22-6-12(19)10-3-7-4-11(18(20)21)8(13(14,15)16)5-9(7)17-10/h3-5,12,17,19H,2,6H2,1H3. The summed E-state index contributed by atoms with van der Waals surface area (Å²) in [4.78, 5) is 12.5. The van der Waals surface area contributed by atoms with Crippen LogP contribution < -0.4 is 0 Å². The van der Waals surface area contributed by atoms with Gasteiger partial charge < -0.3 is 10.1 Å². The Labute approximate surface area is 127 Å². The van der Waals surface area contributed by atoms with E-state index in [0.29, 0.717) is 17.5 Å². The normalized spacial score (nSPS) is 13.5. The topological polar surface area (TPSA) is 79.2 Å². The van der Waals surface area contributed by atoms with Gasteiger partial charge in [-0.2, -0.15) is 24.9 Å². The van der Waals surface area contributed by atoms with Gasteiger partial charge in [-0.1, -0.05) is 6.92 Å². The fourth-order valence-electron chi connectivity index (χ4n) is 2.07. The van der Waals surface area contributed by atoms with Crippen LogP contribution in [0.1, 0.15) is 24.3 Å². The predicted molar refractivity (Wildman–Crippen MR) is 77.9 cm³/mol. The predicted octanol–water partition coefficient (Wildman–Crippen LogP) is 3.88. The number of hydrogen-bond donors (Lipinski definition) is 2. The number of rotatable bonds is 5. The van der Waals surface area contributed by atoms with E-state index in [2.05, 4.69) is 4.98 Å². The highest BCUT2D eigenvalue weighted by Gasteiger charge is 2.38. The third-order valence-electron chi connectivity index (χ3n) is 3.10. The van der Waals surface area contributed by atoms with Crippen LogP contribution in [0.15, 0.2) is 18.2 Å². The number of nitrogens with zero attached hydrogens (tertiary/aromatic N) is 1. The van der Waals surface area contributed by atoms with Gasteiger partial charge in [0.1, 0.15) is 11.7 Å². The number of aromatic amines is 1. The molecule has 0 saturated carbocycles. The van der Waals surface area contributed by atoms with E-state index in [1.807, 2.05) is 6.92 Å². The third kappa shape index (κ3) is 3.36. The number of halogens is 3. The molecule has 9 heteroatoms. The number of aliphatic hydroxyl groups excluding tert-OH is 1. The quantitative estimate of drug-likeness (QED) is 0.642. The van der Waals surface area contributed by atoms with Crippen LogP contribution in [0, 0.1) is 10.1 Å². The Morgan fingerprint density at radius 2 is 2.09 bits per heavy atom. The lowest BCUT2D eigenvalue weighted by Crippen LogP contribution is -2.08. The second-order valence-corrected chi connectivity index (χ2v) is 5.93. The molecule has 0 bridgehead atoms. The summed E-state index contributed by atoms with van der Waals surface area (Å²) in [6, 6.07) is 3.01. The molecule has 1 aromatic heterocycles. The Balaban J connectivity index is 2.51. The number of H-pyrrole nitrogens is 1. The van der Waals surface area contributed by atoms with E-state index in [9.17, 15) is 28.4 Å². The van der Waals surface area contributed by atoms with Crippen molar-refractivity contribution in [1.82, 2.24) is 4.98 Å². The van der Waals surface area contributed by atoms with E-state index >= 15 is 0 Å². The van der Waals surface area contributed by atoms with Gasteiger partial charge in [0.2, 0.25) is 0 Å². The van der Waals surface area contributed by atoms with Gasteiger partial charge in [-0.15, -0.1) is 0 Å². The van der Waals surface area contributed by atoms with Gasteiger partial charge in [0.15, 0.2) is 0 Å². The second kappa shape index (κ2) is 6.17. The Hall–Kier alpha value is -1.74. The van der Waals surface area contributed by atoms with E-state index in [4.69, 9.17) is 0 Å². The summed E-state index contributed by atoms with van der Waals surface area (Å²) in [7, 11) is 0. The average molecular weight is 334 g/mol. The zero-order valence-corrected chi connectivity index (χ0v) is 12.3. The maximum Gasteiger partial charge on any atom is 0.423 e. The monoisotopic (exact) mass is 334 g/mol. The summed E-state index contributed by atoms with van der Waals surface area (Å²) in [5, 5.41) is 21.0. The first kappa shape index (κ1) is 16.6. The van der Waals surface area contributed by atoms with Crippen molar-refractivity contribution in [3.63, 3.8) is 0 Å². The fourth-order valence-corrected chi connectivity index (χ4v) is 2.71. The summed E-state index contributed by atoms with van der Waals surface area (Å²) in [5.41, 5.74) is -1.86.